The molecular weight excluding hydrogens is 915 g/mol. The van der Waals surface area contributed by atoms with E-state index < -0.39 is 20.3 Å². The van der Waals surface area contributed by atoms with Gasteiger partial charge in [0.25, 0.3) is 0 Å². The van der Waals surface area contributed by atoms with Gasteiger partial charge in [0.2, 0.25) is 0 Å². The molecule has 6 bridgehead atoms. The Labute approximate surface area is 327 Å². The predicted octanol–water partition coefficient (Wildman–Crippen LogP) is 9.58. The quantitative estimate of drug-likeness (QED) is 0.139. The maximum atomic E-state index is 15.7. The van der Waals surface area contributed by atoms with E-state index in [1.54, 1.807) is 48.5 Å². The molecule has 50 heavy (non-hydrogen) atoms. The first kappa shape index (κ1) is 31.9. The van der Waals surface area contributed by atoms with Crippen molar-refractivity contribution in [3.8, 4) is 0 Å². The summed E-state index contributed by atoms with van der Waals surface area (Å²) in [4.78, 5) is 29.7. The summed E-state index contributed by atoms with van der Waals surface area (Å²) in [6.07, 6.45) is 0. The first-order valence-electron chi connectivity index (χ1n) is 14.4. The molecule has 0 spiro atoms. The topological polar surface area (TPSA) is 101 Å². The summed E-state index contributed by atoms with van der Waals surface area (Å²) in [7, 11) is 0. The second-order valence-corrected chi connectivity index (χ2v) is 18.8. The number of aliphatic imine (C=N–C) groups is 4. The van der Waals surface area contributed by atoms with Crippen molar-refractivity contribution >= 4 is 170 Å². The van der Waals surface area contributed by atoms with E-state index in [4.69, 9.17) is 123 Å². The van der Waals surface area contributed by atoms with Crippen molar-refractivity contribution in [2.75, 3.05) is 0 Å². The zero-order valence-electron chi connectivity index (χ0n) is 24.1. The first-order valence-corrected chi connectivity index (χ1v) is 21.1. The second kappa shape index (κ2) is 11.1. The molecule has 0 radical (unpaired) electrons. The molecule has 6 aromatic rings. The van der Waals surface area contributed by atoms with E-state index in [1.807, 2.05) is 0 Å². The van der Waals surface area contributed by atoms with E-state index in [9.17, 15) is 0 Å². The minimum atomic E-state index is -4.77. The molecule has 18 heteroatoms. The van der Waals surface area contributed by atoms with Crippen molar-refractivity contribution in [3.05, 3.63) is 122 Å². The molecule has 0 fully saturated rings. The van der Waals surface area contributed by atoms with Gasteiger partial charge < -0.3 is 0 Å². The summed E-state index contributed by atoms with van der Waals surface area (Å²) in [6.45, 7) is 0. The van der Waals surface area contributed by atoms with E-state index in [0.717, 1.165) is 0 Å². The Hall–Kier alpha value is -2.84. The van der Waals surface area contributed by atoms with E-state index in [1.165, 1.54) is 5.58 Å². The number of amidine groups is 4. The summed E-state index contributed by atoms with van der Waals surface area (Å²) >= 11 is 50.2. The molecule has 6 heterocycles. The van der Waals surface area contributed by atoms with Gasteiger partial charge in [-0.25, -0.2) is 0 Å². The predicted molar refractivity (Wildman–Crippen MR) is 202 cm³/mol. The normalized spacial score (nSPS) is 15.2. The Bertz CT molecular complexity index is 2810. The fourth-order valence-electron chi connectivity index (χ4n) is 6.64. The molecule has 0 unspecified atom stereocenters. The minimum absolute atomic E-state index is 0.158. The summed E-state index contributed by atoms with van der Waals surface area (Å²) in [5.41, 5.74) is 2.00. The third-order valence-electron chi connectivity index (χ3n) is 8.70. The number of halogens is 8. The van der Waals surface area contributed by atoms with Crippen molar-refractivity contribution in [2.24, 2.45) is 30.0 Å². The fourth-order valence-corrected chi connectivity index (χ4v) is 13.1. The summed E-state index contributed by atoms with van der Waals surface area (Å²) < 4.78 is 18.8. The van der Waals surface area contributed by atoms with Crippen LogP contribution in [0.3, 0.4) is 0 Å². The monoisotopic (exact) mass is 920 g/mol. The van der Waals surface area contributed by atoms with Crippen molar-refractivity contribution in [1.82, 2.24) is 5.58 Å². The van der Waals surface area contributed by atoms with Gasteiger partial charge in [-0.2, -0.15) is 0 Å². The molecule has 242 valence electrons. The van der Waals surface area contributed by atoms with Gasteiger partial charge >= 0.3 is 330 Å². The third-order valence-corrected chi connectivity index (χ3v) is 15.8. The summed E-state index contributed by atoms with van der Waals surface area (Å²) in [5.74, 6) is 0.949. The molecule has 0 aliphatic carbocycles. The van der Waals surface area contributed by atoms with Crippen LogP contribution >= 0.6 is 92.8 Å². The first-order chi connectivity index (χ1) is 24.0. The van der Waals surface area contributed by atoms with Crippen LogP contribution in [0.2, 0.25) is 40.2 Å². The molecular formula is C32H8Cl8N8OSn. The number of fused-ring (bicyclic) bond motifs is 14. The summed E-state index contributed by atoms with van der Waals surface area (Å²) in [5, 5.41) is 3.80. The average molecular weight is 923 g/mol. The van der Waals surface area contributed by atoms with Gasteiger partial charge in [-0.15, -0.1) is 0 Å². The van der Waals surface area contributed by atoms with Crippen LogP contribution in [0.1, 0.15) is 22.3 Å². The maximum absolute atomic E-state index is 15.7. The van der Waals surface area contributed by atoms with Gasteiger partial charge in [0.15, 0.2) is 0 Å². The van der Waals surface area contributed by atoms with Gasteiger partial charge in [0.05, 0.1) is 0 Å². The van der Waals surface area contributed by atoms with Crippen molar-refractivity contribution in [1.29, 1.82) is 0 Å². The van der Waals surface area contributed by atoms with E-state index in [0.29, 0.717) is 63.9 Å². The summed E-state index contributed by atoms with van der Waals surface area (Å²) in [6, 6.07) is 13.0. The molecule has 0 saturated carbocycles. The van der Waals surface area contributed by atoms with E-state index >= 15 is 3.08 Å². The van der Waals surface area contributed by atoms with Crippen LogP contribution < -0.4 is 11.0 Å². The molecule has 2 aromatic heterocycles. The number of aromatic nitrogens is 2. The Morgan fingerprint density at radius 2 is 0.680 bits per heavy atom. The van der Waals surface area contributed by atoms with Gasteiger partial charge in [-0.1, -0.05) is 0 Å². The van der Waals surface area contributed by atoms with Gasteiger partial charge in [-0.05, 0) is 0 Å². The molecule has 4 aliphatic heterocycles. The molecule has 0 atom stereocenters. The van der Waals surface area contributed by atoms with Crippen LogP contribution in [0.25, 0.3) is 21.5 Å². The molecule has 4 aliphatic rings. The third kappa shape index (κ3) is 4.18. The van der Waals surface area contributed by atoms with Gasteiger partial charge in [0.1, 0.15) is 0 Å². The Kier molecular flexibility index (Phi) is 7.06. The number of benzene rings is 4. The van der Waals surface area contributed by atoms with Crippen LogP contribution in [0.15, 0.2) is 78.5 Å². The van der Waals surface area contributed by atoms with Crippen LogP contribution in [-0.2, 0) is 3.08 Å². The Morgan fingerprint density at radius 3 is 1.04 bits per heavy atom. The van der Waals surface area contributed by atoms with Crippen LogP contribution in [0, 0.1) is 0 Å². The molecule has 4 aromatic carbocycles. The van der Waals surface area contributed by atoms with Gasteiger partial charge in [0, 0.05) is 0 Å². The molecule has 0 N–H and O–H groups in total. The van der Waals surface area contributed by atoms with Crippen LogP contribution in [0.4, 0.5) is 11.6 Å². The van der Waals surface area contributed by atoms with Crippen molar-refractivity contribution in [2.45, 2.75) is 0 Å². The van der Waals surface area contributed by atoms with Crippen molar-refractivity contribution < 1.29 is 3.08 Å². The number of nitrogens with zero attached hydrogens (tertiary/aromatic N) is 8. The number of hydrogen-bond acceptors (Lipinski definition) is 7. The van der Waals surface area contributed by atoms with Gasteiger partial charge in [-0.3, -0.25) is 0 Å². The average Bonchev–Trinajstić information content (AvgIpc) is 3.81. The van der Waals surface area contributed by atoms with Crippen molar-refractivity contribution in [3.63, 3.8) is 0 Å². The molecule has 0 amide bonds. The molecule has 9 nitrogen and oxygen atoms in total. The number of hydrogen-bond donors (Lipinski definition) is 0. The zero-order valence-corrected chi connectivity index (χ0v) is 33.0. The SMILES string of the molecule is [O]=[Sn]1[n]2c3c4c(Cl)ccc(Cl)c4c2N=C2N=C(N=c4c5c(Cl)ccc(Cl)c5c([n]41)=NC1=NC(=N3)c3c(Cl)ccc(Cl)c31)c1c(Cl)ccc(Cl)c12. The Morgan fingerprint density at radius 1 is 0.380 bits per heavy atom. The van der Waals surface area contributed by atoms with Crippen LogP contribution in [-0.4, -0.2) is 49.2 Å². The standard InChI is InChI=1S/C32H8Cl8N8.O.Sn/c33-9-1-2-10(34)18-17(9)25-41-26(18)46-28-21-13(37)5-6-14(38)22(21)30(43-28)48-32-24-16(40)8-7-15(39)23(24)31(44-32)47-29-20-12(36)4-3-11(35)19(20)27(42-29)45-25;;/h1-8H;;/q-2;;+2. The number of rotatable bonds is 0. The second-order valence-electron chi connectivity index (χ2n) is 11.3. The van der Waals surface area contributed by atoms with Crippen LogP contribution in [0.5, 0.6) is 0 Å². The Balaban J connectivity index is 1.55. The fraction of sp³-hybridized carbons (Fsp3) is 0. The van der Waals surface area contributed by atoms with E-state index in [-0.39, 0.29) is 66.0 Å². The zero-order chi connectivity index (χ0) is 34.5. The molecule has 10 rings (SSSR count). The van der Waals surface area contributed by atoms with E-state index in [2.05, 4.69) is 0 Å². The molecule has 0 saturated heterocycles.